The number of aromatic nitrogens is 1. The molecule has 1 aromatic carbocycles. The smallest absolute Gasteiger partial charge is 0.247 e. The van der Waals surface area contributed by atoms with Crippen molar-refractivity contribution in [3.63, 3.8) is 0 Å². The number of allylic oxidation sites excluding steroid dienone is 2. The predicted molar refractivity (Wildman–Crippen MR) is 113 cm³/mol. The van der Waals surface area contributed by atoms with Crippen LogP contribution in [0.15, 0.2) is 30.4 Å². The summed E-state index contributed by atoms with van der Waals surface area (Å²) < 4.78 is 0.992. The molecule has 0 unspecified atom stereocenters. The van der Waals surface area contributed by atoms with Gasteiger partial charge in [-0.2, -0.15) is 0 Å². The highest BCUT2D eigenvalue weighted by atomic mass is 32.1. The van der Waals surface area contributed by atoms with E-state index in [0.717, 1.165) is 15.2 Å². The minimum Gasteiger partial charge on any atom is -0.324 e. The summed E-state index contributed by atoms with van der Waals surface area (Å²) >= 11 is 1.56. The number of carbonyl (C=O) groups excluding carboxylic acids is 3. The molecular formula is C22H25N3O3S. The molecule has 7 heteroatoms. The zero-order chi connectivity index (χ0) is 20.7. The van der Waals surface area contributed by atoms with Crippen LogP contribution < -0.4 is 5.32 Å². The first-order chi connectivity index (χ1) is 13.8. The second-order valence-corrected chi connectivity index (χ2v) is 9.49. The number of hydrogen-bond acceptors (Lipinski definition) is 5. The van der Waals surface area contributed by atoms with E-state index >= 15 is 0 Å². The number of aryl methyl sites for hydroxylation is 1. The number of rotatable bonds is 5. The fourth-order valence-corrected chi connectivity index (χ4v) is 5.12. The molecule has 6 nitrogen and oxygen atoms in total. The number of amides is 3. The Morgan fingerprint density at radius 1 is 1.21 bits per heavy atom. The summed E-state index contributed by atoms with van der Waals surface area (Å²) in [6.07, 6.45) is 5.50. The fraction of sp³-hybridized carbons (Fsp3) is 0.455. The Kier molecular flexibility index (Phi) is 5.25. The van der Waals surface area contributed by atoms with Crippen LogP contribution in [0.4, 0.5) is 5.69 Å². The summed E-state index contributed by atoms with van der Waals surface area (Å²) in [5.41, 5.74) is 1.55. The third-order valence-corrected chi connectivity index (χ3v) is 6.55. The van der Waals surface area contributed by atoms with E-state index in [2.05, 4.69) is 10.3 Å². The van der Waals surface area contributed by atoms with E-state index < -0.39 is 6.04 Å². The molecular weight excluding hydrogens is 386 g/mol. The minimum atomic E-state index is -0.792. The SMILES string of the molecule is Cc1nc2ccc(NC(=O)[C@@H](CC(C)C)N3C(=O)[C@H]4CC=CC[C@H]4C3=O)cc2s1. The van der Waals surface area contributed by atoms with Gasteiger partial charge in [0.15, 0.2) is 0 Å². The molecule has 1 aliphatic heterocycles. The molecule has 29 heavy (non-hydrogen) atoms. The van der Waals surface area contributed by atoms with Crippen molar-refractivity contribution in [2.45, 2.75) is 46.1 Å². The fourth-order valence-electron chi connectivity index (χ4n) is 4.25. The lowest BCUT2D eigenvalue weighted by Gasteiger charge is -2.27. The van der Waals surface area contributed by atoms with Crippen LogP contribution in [0.5, 0.6) is 0 Å². The average Bonchev–Trinajstić information content (AvgIpc) is 3.16. The number of anilines is 1. The van der Waals surface area contributed by atoms with Gasteiger partial charge in [-0.05, 0) is 50.3 Å². The van der Waals surface area contributed by atoms with Crippen LogP contribution in [-0.4, -0.2) is 33.6 Å². The highest BCUT2D eigenvalue weighted by Crippen LogP contribution is 2.37. The Balaban J connectivity index is 1.59. The number of thiazole rings is 1. The van der Waals surface area contributed by atoms with Crippen molar-refractivity contribution in [3.8, 4) is 0 Å². The summed E-state index contributed by atoms with van der Waals surface area (Å²) in [7, 11) is 0. The topological polar surface area (TPSA) is 79.4 Å². The van der Waals surface area contributed by atoms with E-state index in [0.29, 0.717) is 24.9 Å². The molecule has 2 aromatic rings. The summed E-state index contributed by atoms with van der Waals surface area (Å²) in [6, 6.07) is 4.78. The van der Waals surface area contributed by atoms with Gasteiger partial charge < -0.3 is 5.32 Å². The molecule has 1 N–H and O–H groups in total. The highest BCUT2D eigenvalue weighted by molar-refractivity contribution is 7.18. The lowest BCUT2D eigenvalue weighted by molar-refractivity contribution is -0.147. The number of nitrogens with one attached hydrogen (secondary N) is 1. The van der Waals surface area contributed by atoms with Gasteiger partial charge in [0.1, 0.15) is 6.04 Å². The molecule has 1 aromatic heterocycles. The van der Waals surface area contributed by atoms with Gasteiger partial charge in [0.05, 0.1) is 27.1 Å². The van der Waals surface area contributed by atoms with Crippen molar-refractivity contribution in [3.05, 3.63) is 35.4 Å². The molecule has 0 bridgehead atoms. The Labute approximate surface area is 174 Å². The summed E-state index contributed by atoms with van der Waals surface area (Å²) in [5, 5.41) is 3.89. The van der Waals surface area contributed by atoms with Gasteiger partial charge in [-0.1, -0.05) is 26.0 Å². The Hall–Kier alpha value is -2.54. The van der Waals surface area contributed by atoms with Crippen LogP contribution in [0.25, 0.3) is 10.2 Å². The molecule has 2 aliphatic rings. The third-order valence-electron chi connectivity index (χ3n) is 5.61. The van der Waals surface area contributed by atoms with E-state index in [4.69, 9.17) is 0 Å². The Morgan fingerprint density at radius 2 is 1.86 bits per heavy atom. The zero-order valence-electron chi connectivity index (χ0n) is 16.8. The second kappa shape index (κ2) is 7.71. The van der Waals surface area contributed by atoms with Crippen LogP contribution in [0.1, 0.15) is 38.1 Å². The lowest BCUT2D eigenvalue weighted by atomic mass is 9.85. The normalized spacial score (nSPS) is 22.4. The first-order valence-corrected chi connectivity index (χ1v) is 10.9. The third kappa shape index (κ3) is 3.71. The van der Waals surface area contributed by atoms with E-state index in [1.165, 1.54) is 4.90 Å². The molecule has 1 saturated heterocycles. The van der Waals surface area contributed by atoms with Crippen LogP contribution >= 0.6 is 11.3 Å². The van der Waals surface area contributed by atoms with Gasteiger partial charge in [-0.25, -0.2) is 4.98 Å². The summed E-state index contributed by atoms with van der Waals surface area (Å²) in [5.74, 6) is -1.22. The number of nitrogens with zero attached hydrogens (tertiary/aromatic N) is 2. The van der Waals surface area contributed by atoms with E-state index in [1.54, 1.807) is 11.3 Å². The standard InChI is InChI=1S/C22H25N3O3S/c1-12(2)10-18(25-21(27)15-6-4-5-7-16(15)22(25)28)20(26)24-14-8-9-17-19(11-14)29-13(3)23-17/h4-5,8-9,11-12,15-16,18H,6-7,10H2,1-3H3,(H,24,26)/t15-,16+,18-/m1/s1. The van der Waals surface area contributed by atoms with E-state index in [1.807, 2.05) is 51.1 Å². The number of imide groups is 1. The highest BCUT2D eigenvalue weighted by Gasteiger charge is 2.51. The Morgan fingerprint density at radius 3 is 2.48 bits per heavy atom. The monoisotopic (exact) mass is 411 g/mol. The minimum absolute atomic E-state index is 0.165. The van der Waals surface area contributed by atoms with Gasteiger partial charge in [0.25, 0.3) is 0 Å². The van der Waals surface area contributed by atoms with Gasteiger partial charge in [0, 0.05) is 5.69 Å². The molecule has 152 valence electrons. The molecule has 3 amide bonds. The van der Waals surface area contributed by atoms with Crippen molar-refractivity contribution < 1.29 is 14.4 Å². The van der Waals surface area contributed by atoms with Crippen molar-refractivity contribution >= 4 is 45.0 Å². The molecule has 0 spiro atoms. The van der Waals surface area contributed by atoms with Crippen LogP contribution in [0.3, 0.4) is 0 Å². The number of carbonyl (C=O) groups is 3. The summed E-state index contributed by atoms with van der Waals surface area (Å²) in [4.78, 5) is 44.9. The maximum Gasteiger partial charge on any atom is 0.247 e. The maximum absolute atomic E-state index is 13.2. The molecule has 2 heterocycles. The number of hydrogen-bond donors (Lipinski definition) is 1. The van der Waals surface area contributed by atoms with Crippen molar-refractivity contribution in [1.29, 1.82) is 0 Å². The van der Waals surface area contributed by atoms with Crippen LogP contribution in [-0.2, 0) is 14.4 Å². The number of benzene rings is 1. The van der Waals surface area contributed by atoms with Crippen LogP contribution in [0, 0.1) is 24.7 Å². The lowest BCUT2D eigenvalue weighted by Crippen LogP contribution is -2.48. The van der Waals surface area contributed by atoms with E-state index in [-0.39, 0.29) is 35.5 Å². The molecule has 0 saturated carbocycles. The average molecular weight is 412 g/mol. The van der Waals surface area contributed by atoms with Gasteiger partial charge in [-0.3, -0.25) is 19.3 Å². The largest absolute Gasteiger partial charge is 0.324 e. The maximum atomic E-state index is 13.2. The predicted octanol–water partition coefficient (Wildman–Crippen LogP) is 3.91. The van der Waals surface area contributed by atoms with Crippen molar-refractivity contribution in [1.82, 2.24) is 9.88 Å². The van der Waals surface area contributed by atoms with Gasteiger partial charge >= 0.3 is 0 Å². The molecule has 1 aliphatic carbocycles. The molecule has 3 atom stereocenters. The molecule has 4 rings (SSSR count). The second-order valence-electron chi connectivity index (χ2n) is 8.25. The molecule has 1 fully saturated rings. The Bertz CT molecular complexity index is 984. The number of fused-ring (bicyclic) bond motifs is 2. The molecule has 0 radical (unpaired) electrons. The van der Waals surface area contributed by atoms with Crippen molar-refractivity contribution in [2.75, 3.05) is 5.32 Å². The quantitative estimate of drug-likeness (QED) is 0.598. The van der Waals surface area contributed by atoms with Crippen LogP contribution in [0.2, 0.25) is 0 Å². The van der Waals surface area contributed by atoms with E-state index in [9.17, 15) is 14.4 Å². The summed E-state index contributed by atoms with van der Waals surface area (Å²) in [6.45, 7) is 5.93. The van der Waals surface area contributed by atoms with Gasteiger partial charge in [-0.15, -0.1) is 11.3 Å². The van der Waals surface area contributed by atoms with Gasteiger partial charge in [0.2, 0.25) is 17.7 Å². The zero-order valence-corrected chi connectivity index (χ0v) is 17.7. The first kappa shape index (κ1) is 19.8. The van der Waals surface area contributed by atoms with Crippen molar-refractivity contribution in [2.24, 2.45) is 17.8 Å². The first-order valence-electron chi connectivity index (χ1n) is 10.0. The number of likely N-dealkylation sites (tertiary alicyclic amines) is 1.